The van der Waals surface area contributed by atoms with Gasteiger partial charge in [0.25, 0.3) is 0 Å². The van der Waals surface area contributed by atoms with Gasteiger partial charge in [-0.2, -0.15) is 0 Å². The molecule has 0 aromatic heterocycles. The largest absolute Gasteiger partial charge is 0.353 e. The lowest BCUT2D eigenvalue weighted by atomic mass is 9.78. The Morgan fingerprint density at radius 2 is 1.42 bits per heavy atom. The molecule has 0 aromatic carbocycles. The van der Waals surface area contributed by atoms with Crippen LogP contribution in [0.3, 0.4) is 0 Å². The Morgan fingerprint density at radius 3 is 1.89 bits per heavy atom. The number of ketones is 1. The van der Waals surface area contributed by atoms with Gasteiger partial charge in [0.1, 0.15) is 5.78 Å². The van der Waals surface area contributed by atoms with Crippen molar-refractivity contribution < 1.29 is 14.3 Å². The smallest absolute Gasteiger partial charge is 0.167 e. The second-order valence-corrected chi connectivity index (χ2v) is 6.32. The van der Waals surface area contributed by atoms with Gasteiger partial charge < -0.3 is 9.47 Å². The Hall–Kier alpha value is -0.410. The molecule has 2 aliphatic rings. The van der Waals surface area contributed by atoms with Crippen LogP contribution in [-0.2, 0) is 14.3 Å². The lowest BCUT2D eigenvalue weighted by Crippen LogP contribution is -2.38. The molecular weight excluding hydrogens is 240 g/mol. The van der Waals surface area contributed by atoms with Gasteiger partial charge in [-0.05, 0) is 37.5 Å². The Morgan fingerprint density at radius 1 is 0.947 bits per heavy atom. The van der Waals surface area contributed by atoms with Crippen LogP contribution in [0.4, 0.5) is 0 Å². The number of Topliss-reactive ketones (excluding diaryl/α,β-unsaturated/α-hetero) is 1. The summed E-state index contributed by atoms with van der Waals surface area (Å²) in [6, 6.07) is 0. The molecule has 0 atom stereocenters. The summed E-state index contributed by atoms with van der Waals surface area (Å²) >= 11 is 0. The summed E-state index contributed by atoms with van der Waals surface area (Å²) < 4.78 is 11.0. The van der Waals surface area contributed by atoms with Crippen LogP contribution in [-0.4, -0.2) is 25.8 Å². The van der Waals surface area contributed by atoms with Gasteiger partial charge in [0, 0.05) is 39.9 Å². The first-order chi connectivity index (χ1) is 9.17. The summed E-state index contributed by atoms with van der Waals surface area (Å²) in [6.07, 6.45) is 11.0. The molecule has 3 nitrogen and oxygen atoms in total. The average molecular weight is 268 g/mol. The van der Waals surface area contributed by atoms with Crippen LogP contribution in [0.5, 0.6) is 0 Å². The van der Waals surface area contributed by atoms with E-state index in [-0.39, 0.29) is 5.79 Å². The van der Waals surface area contributed by atoms with Gasteiger partial charge in [-0.25, -0.2) is 0 Å². The summed E-state index contributed by atoms with van der Waals surface area (Å²) in [5, 5.41) is 0. The van der Waals surface area contributed by atoms with Gasteiger partial charge >= 0.3 is 0 Å². The van der Waals surface area contributed by atoms with Crippen molar-refractivity contribution in [3.63, 3.8) is 0 Å². The first-order valence-corrected chi connectivity index (χ1v) is 7.79. The molecule has 0 aromatic rings. The topological polar surface area (TPSA) is 35.5 Å². The van der Waals surface area contributed by atoms with E-state index in [1.165, 1.54) is 25.7 Å². The minimum atomic E-state index is -0.312. The third-order valence-corrected chi connectivity index (χ3v) is 5.26. The average Bonchev–Trinajstić information content (AvgIpc) is 2.47. The highest BCUT2D eigenvalue weighted by Gasteiger charge is 2.35. The van der Waals surface area contributed by atoms with Crippen molar-refractivity contribution in [2.75, 3.05) is 14.2 Å². The summed E-state index contributed by atoms with van der Waals surface area (Å²) in [6.45, 7) is 0. The Kier molecular flexibility index (Phi) is 5.40. The molecule has 0 amide bonds. The second-order valence-electron chi connectivity index (χ2n) is 6.32. The molecule has 0 unspecified atom stereocenters. The molecule has 110 valence electrons. The SMILES string of the molecule is COC1(OC)CCC(CCC2CCC(=O)CC2)CC1. The van der Waals surface area contributed by atoms with Gasteiger partial charge in [-0.15, -0.1) is 0 Å². The number of hydrogen-bond acceptors (Lipinski definition) is 3. The Labute approximate surface area is 117 Å². The number of methoxy groups -OCH3 is 2. The molecule has 3 heteroatoms. The van der Waals surface area contributed by atoms with E-state index in [9.17, 15) is 4.79 Å². The molecule has 2 saturated carbocycles. The van der Waals surface area contributed by atoms with E-state index in [4.69, 9.17) is 9.47 Å². The minimum absolute atomic E-state index is 0.312. The van der Waals surface area contributed by atoms with Crippen molar-refractivity contribution in [1.29, 1.82) is 0 Å². The van der Waals surface area contributed by atoms with Crippen LogP contribution in [0, 0.1) is 11.8 Å². The van der Waals surface area contributed by atoms with Crippen molar-refractivity contribution in [3.8, 4) is 0 Å². The third-order valence-electron chi connectivity index (χ3n) is 5.26. The monoisotopic (exact) mass is 268 g/mol. The molecule has 0 spiro atoms. The van der Waals surface area contributed by atoms with E-state index in [0.717, 1.165) is 50.4 Å². The standard InChI is InChI=1S/C16H28O3/c1-18-16(19-2)11-9-14(10-12-16)4-3-13-5-7-15(17)8-6-13/h13-14H,3-12H2,1-2H3. The van der Waals surface area contributed by atoms with E-state index >= 15 is 0 Å². The predicted molar refractivity (Wildman–Crippen MR) is 74.9 cm³/mol. The highest BCUT2D eigenvalue weighted by Crippen LogP contribution is 2.38. The van der Waals surface area contributed by atoms with E-state index in [2.05, 4.69) is 0 Å². The fourth-order valence-corrected chi connectivity index (χ4v) is 3.66. The highest BCUT2D eigenvalue weighted by atomic mass is 16.7. The first-order valence-electron chi connectivity index (χ1n) is 7.79. The van der Waals surface area contributed by atoms with Crippen LogP contribution in [0.1, 0.15) is 64.2 Å². The van der Waals surface area contributed by atoms with E-state index < -0.39 is 0 Å². The number of ether oxygens (including phenoxy) is 2. The van der Waals surface area contributed by atoms with Crippen molar-refractivity contribution in [2.45, 2.75) is 70.0 Å². The molecule has 0 heterocycles. The molecule has 0 N–H and O–H groups in total. The summed E-state index contributed by atoms with van der Waals surface area (Å²) in [5.74, 6) is 1.79. The van der Waals surface area contributed by atoms with Gasteiger partial charge in [-0.1, -0.05) is 12.8 Å². The predicted octanol–water partition coefficient (Wildman–Crippen LogP) is 3.71. The molecule has 2 fully saturated rings. The number of carbonyl (C=O) groups is 1. The Bertz CT molecular complexity index is 276. The van der Waals surface area contributed by atoms with Crippen LogP contribution in [0.2, 0.25) is 0 Å². The molecule has 19 heavy (non-hydrogen) atoms. The van der Waals surface area contributed by atoms with Crippen LogP contribution >= 0.6 is 0 Å². The molecular formula is C16H28O3. The quantitative estimate of drug-likeness (QED) is 0.713. The maximum Gasteiger partial charge on any atom is 0.167 e. The van der Waals surface area contributed by atoms with Gasteiger partial charge in [-0.3, -0.25) is 4.79 Å². The maximum absolute atomic E-state index is 11.2. The second kappa shape index (κ2) is 6.85. The van der Waals surface area contributed by atoms with Crippen molar-refractivity contribution in [3.05, 3.63) is 0 Å². The lowest BCUT2D eigenvalue weighted by Gasteiger charge is -2.38. The normalized spacial score (nSPS) is 25.7. The Balaban J connectivity index is 1.67. The van der Waals surface area contributed by atoms with Gasteiger partial charge in [0.15, 0.2) is 5.79 Å². The molecule has 2 rings (SSSR count). The first kappa shape index (κ1) is 15.0. The number of rotatable bonds is 5. The highest BCUT2D eigenvalue weighted by molar-refractivity contribution is 5.78. The van der Waals surface area contributed by atoms with E-state index in [1.807, 2.05) is 0 Å². The van der Waals surface area contributed by atoms with E-state index in [0.29, 0.717) is 5.78 Å². The van der Waals surface area contributed by atoms with Crippen molar-refractivity contribution >= 4 is 5.78 Å². The van der Waals surface area contributed by atoms with E-state index in [1.54, 1.807) is 14.2 Å². The maximum atomic E-state index is 11.2. The molecule has 0 radical (unpaired) electrons. The van der Waals surface area contributed by atoms with Gasteiger partial charge in [0.2, 0.25) is 0 Å². The third kappa shape index (κ3) is 4.03. The van der Waals surface area contributed by atoms with Crippen molar-refractivity contribution in [2.24, 2.45) is 11.8 Å². The summed E-state index contributed by atoms with van der Waals surface area (Å²) in [7, 11) is 3.51. The summed E-state index contributed by atoms with van der Waals surface area (Å²) in [5.41, 5.74) is 0. The summed E-state index contributed by atoms with van der Waals surface area (Å²) in [4.78, 5) is 11.2. The molecule has 0 aliphatic heterocycles. The van der Waals surface area contributed by atoms with Crippen molar-refractivity contribution in [1.82, 2.24) is 0 Å². The van der Waals surface area contributed by atoms with Crippen LogP contribution in [0.15, 0.2) is 0 Å². The van der Waals surface area contributed by atoms with Crippen LogP contribution in [0.25, 0.3) is 0 Å². The number of carbonyl (C=O) groups excluding carboxylic acids is 1. The fourth-order valence-electron chi connectivity index (χ4n) is 3.66. The number of hydrogen-bond donors (Lipinski definition) is 0. The fraction of sp³-hybridized carbons (Fsp3) is 0.938. The molecule has 0 bridgehead atoms. The molecule has 0 saturated heterocycles. The zero-order chi connectivity index (χ0) is 13.7. The zero-order valence-electron chi connectivity index (χ0n) is 12.5. The lowest BCUT2D eigenvalue weighted by molar-refractivity contribution is -0.227. The van der Waals surface area contributed by atoms with Gasteiger partial charge in [0.05, 0.1) is 0 Å². The van der Waals surface area contributed by atoms with Crippen LogP contribution < -0.4 is 0 Å². The minimum Gasteiger partial charge on any atom is -0.353 e. The zero-order valence-corrected chi connectivity index (χ0v) is 12.5. The molecule has 2 aliphatic carbocycles.